The summed E-state index contributed by atoms with van der Waals surface area (Å²) in [5.41, 5.74) is 1.33. The topological polar surface area (TPSA) is 24.9 Å². The van der Waals surface area contributed by atoms with E-state index in [1.807, 2.05) is 18.5 Å². The van der Waals surface area contributed by atoms with Crippen LogP contribution in [0.1, 0.15) is 37.8 Å². The SMILES string of the molecule is CNC(c1cccnc1)C1CCCC1C. The predicted octanol–water partition coefficient (Wildman–Crippen LogP) is 2.78. The van der Waals surface area contributed by atoms with Gasteiger partial charge >= 0.3 is 0 Å². The van der Waals surface area contributed by atoms with Gasteiger partial charge in [0.2, 0.25) is 0 Å². The molecule has 0 radical (unpaired) electrons. The normalized spacial score (nSPS) is 27.9. The van der Waals surface area contributed by atoms with Gasteiger partial charge in [-0.15, -0.1) is 0 Å². The summed E-state index contributed by atoms with van der Waals surface area (Å²) in [6.07, 6.45) is 7.94. The Kier molecular flexibility index (Phi) is 3.37. The highest BCUT2D eigenvalue weighted by molar-refractivity contribution is 5.15. The molecule has 3 unspecified atom stereocenters. The van der Waals surface area contributed by atoms with Gasteiger partial charge in [0.15, 0.2) is 0 Å². The van der Waals surface area contributed by atoms with Crippen LogP contribution in [0.15, 0.2) is 24.5 Å². The first-order valence-corrected chi connectivity index (χ1v) is 5.90. The second kappa shape index (κ2) is 4.75. The minimum Gasteiger partial charge on any atom is -0.313 e. The van der Waals surface area contributed by atoms with Gasteiger partial charge in [0.25, 0.3) is 0 Å². The fourth-order valence-corrected chi connectivity index (χ4v) is 2.86. The number of nitrogens with one attached hydrogen (secondary N) is 1. The van der Waals surface area contributed by atoms with Crippen molar-refractivity contribution in [3.63, 3.8) is 0 Å². The molecule has 1 aliphatic rings. The van der Waals surface area contributed by atoms with Gasteiger partial charge in [-0.3, -0.25) is 4.98 Å². The van der Waals surface area contributed by atoms with E-state index >= 15 is 0 Å². The van der Waals surface area contributed by atoms with Crippen LogP contribution in [0.4, 0.5) is 0 Å². The lowest BCUT2D eigenvalue weighted by Gasteiger charge is -2.26. The van der Waals surface area contributed by atoms with E-state index < -0.39 is 0 Å². The lowest BCUT2D eigenvalue weighted by atomic mass is 9.86. The molecule has 0 bridgehead atoms. The molecule has 15 heavy (non-hydrogen) atoms. The minimum atomic E-state index is 0.483. The van der Waals surface area contributed by atoms with Crippen LogP contribution >= 0.6 is 0 Å². The van der Waals surface area contributed by atoms with Crippen molar-refractivity contribution in [1.29, 1.82) is 0 Å². The number of nitrogens with zero attached hydrogens (tertiary/aromatic N) is 1. The van der Waals surface area contributed by atoms with Gasteiger partial charge in [0.05, 0.1) is 0 Å². The average Bonchev–Trinajstić information content (AvgIpc) is 2.68. The van der Waals surface area contributed by atoms with E-state index in [2.05, 4.69) is 30.3 Å². The lowest BCUT2D eigenvalue weighted by molar-refractivity contribution is 0.315. The molecule has 0 amide bonds. The zero-order valence-electron chi connectivity index (χ0n) is 9.61. The maximum atomic E-state index is 4.21. The second-order valence-electron chi connectivity index (χ2n) is 4.62. The Bertz CT molecular complexity index is 297. The Hall–Kier alpha value is -0.890. The quantitative estimate of drug-likeness (QED) is 0.819. The molecule has 0 saturated heterocycles. The third kappa shape index (κ3) is 2.20. The molecule has 2 heteroatoms. The molecule has 1 aromatic rings. The van der Waals surface area contributed by atoms with Crippen molar-refractivity contribution in [3.05, 3.63) is 30.1 Å². The van der Waals surface area contributed by atoms with Crippen LogP contribution in [0.25, 0.3) is 0 Å². The summed E-state index contributed by atoms with van der Waals surface area (Å²) >= 11 is 0. The molecule has 1 fully saturated rings. The molecule has 82 valence electrons. The van der Waals surface area contributed by atoms with E-state index in [0.717, 1.165) is 11.8 Å². The van der Waals surface area contributed by atoms with E-state index in [1.165, 1.54) is 24.8 Å². The van der Waals surface area contributed by atoms with Gasteiger partial charge < -0.3 is 5.32 Å². The largest absolute Gasteiger partial charge is 0.313 e. The molecule has 1 N–H and O–H groups in total. The molecular formula is C13H20N2. The van der Waals surface area contributed by atoms with Crippen LogP contribution in [0.2, 0.25) is 0 Å². The molecular weight excluding hydrogens is 184 g/mol. The molecule has 2 nitrogen and oxygen atoms in total. The second-order valence-corrected chi connectivity index (χ2v) is 4.62. The van der Waals surface area contributed by atoms with Crippen molar-refractivity contribution in [2.75, 3.05) is 7.05 Å². The zero-order chi connectivity index (χ0) is 10.7. The van der Waals surface area contributed by atoms with Crippen molar-refractivity contribution in [3.8, 4) is 0 Å². The van der Waals surface area contributed by atoms with Gasteiger partial charge in [-0.2, -0.15) is 0 Å². The van der Waals surface area contributed by atoms with E-state index in [-0.39, 0.29) is 0 Å². The lowest BCUT2D eigenvalue weighted by Crippen LogP contribution is -2.26. The molecule has 0 aromatic carbocycles. The summed E-state index contributed by atoms with van der Waals surface area (Å²) < 4.78 is 0. The van der Waals surface area contributed by atoms with Gasteiger partial charge in [-0.1, -0.05) is 25.8 Å². The third-order valence-corrected chi connectivity index (χ3v) is 3.71. The molecule has 1 aromatic heterocycles. The fraction of sp³-hybridized carbons (Fsp3) is 0.615. The molecule has 0 spiro atoms. The number of aromatic nitrogens is 1. The number of rotatable bonds is 3. The highest BCUT2D eigenvalue weighted by Gasteiger charge is 2.30. The van der Waals surface area contributed by atoms with Crippen LogP contribution in [0, 0.1) is 11.8 Å². The van der Waals surface area contributed by atoms with Crippen LogP contribution in [0.5, 0.6) is 0 Å². The monoisotopic (exact) mass is 204 g/mol. The average molecular weight is 204 g/mol. The Morgan fingerprint density at radius 1 is 1.47 bits per heavy atom. The standard InChI is InChI=1S/C13H20N2/c1-10-5-3-7-12(10)13(14-2)11-6-4-8-15-9-11/h4,6,8-10,12-14H,3,5,7H2,1-2H3. The third-order valence-electron chi connectivity index (χ3n) is 3.71. The molecule has 1 aliphatic carbocycles. The van der Waals surface area contributed by atoms with E-state index in [9.17, 15) is 0 Å². The van der Waals surface area contributed by atoms with Crippen LogP contribution in [0.3, 0.4) is 0 Å². The van der Waals surface area contributed by atoms with E-state index in [4.69, 9.17) is 0 Å². The highest BCUT2D eigenvalue weighted by Crippen LogP contribution is 2.39. The van der Waals surface area contributed by atoms with Gasteiger partial charge in [-0.05, 0) is 36.9 Å². The van der Waals surface area contributed by atoms with Gasteiger partial charge in [0.1, 0.15) is 0 Å². The first-order valence-electron chi connectivity index (χ1n) is 5.90. The van der Waals surface area contributed by atoms with Crippen molar-refractivity contribution in [1.82, 2.24) is 10.3 Å². The Morgan fingerprint density at radius 2 is 2.33 bits per heavy atom. The molecule has 3 atom stereocenters. The summed E-state index contributed by atoms with van der Waals surface area (Å²) in [4.78, 5) is 4.21. The molecule has 1 heterocycles. The summed E-state index contributed by atoms with van der Waals surface area (Å²) in [6.45, 7) is 2.37. The number of pyridine rings is 1. The Labute approximate surface area is 92.1 Å². The van der Waals surface area contributed by atoms with E-state index in [1.54, 1.807) is 0 Å². The Balaban J connectivity index is 2.17. The van der Waals surface area contributed by atoms with Crippen LogP contribution < -0.4 is 5.32 Å². The van der Waals surface area contributed by atoms with E-state index in [0.29, 0.717) is 6.04 Å². The molecule has 2 rings (SSSR count). The maximum absolute atomic E-state index is 4.21. The summed E-state index contributed by atoms with van der Waals surface area (Å²) in [7, 11) is 2.06. The zero-order valence-corrected chi connectivity index (χ0v) is 9.61. The van der Waals surface area contributed by atoms with Gasteiger partial charge in [-0.25, -0.2) is 0 Å². The molecule has 0 aliphatic heterocycles. The molecule has 1 saturated carbocycles. The predicted molar refractivity (Wildman–Crippen MR) is 62.5 cm³/mol. The fourth-order valence-electron chi connectivity index (χ4n) is 2.86. The van der Waals surface area contributed by atoms with Gasteiger partial charge in [0, 0.05) is 18.4 Å². The van der Waals surface area contributed by atoms with Crippen molar-refractivity contribution in [2.45, 2.75) is 32.2 Å². The van der Waals surface area contributed by atoms with Crippen molar-refractivity contribution in [2.24, 2.45) is 11.8 Å². The van der Waals surface area contributed by atoms with Crippen molar-refractivity contribution >= 4 is 0 Å². The highest BCUT2D eigenvalue weighted by atomic mass is 14.9. The summed E-state index contributed by atoms with van der Waals surface area (Å²) in [6, 6.07) is 4.69. The van der Waals surface area contributed by atoms with Crippen molar-refractivity contribution < 1.29 is 0 Å². The first-order chi connectivity index (χ1) is 7.33. The number of hydrogen-bond acceptors (Lipinski definition) is 2. The number of hydrogen-bond donors (Lipinski definition) is 1. The van der Waals surface area contributed by atoms with Crippen LogP contribution in [-0.4, -0.2) is 12.0 Å². The summed E-state index contributed by atoms with van der Waals surface area (Å²) in [5.74, 6) is 1.61. The Morgan fingerprint density at radius 3 is 2.87 bits per heavy atom. The minimum absolute atomic E-state index is 0.483. The first kappa shape index (κ1) is 10.6. The smallest absolute Gasteiger partial charge is 0.0364 e. The maximum Gasteiger partial charge on any atom is 0.0364 e. The van der Waals surface area contributed by atoms with Crippen LogP contribution in [-0.2, 0) is 0 Å². The summed E-state index contributed by atoms with van der Waals surface area (Å²) in [5, 5.41) is 3.45.